The molecule has 2 heterocycles. The second kappa shape index (κ2) is 3.10. The Hall–Kier alpha value is -1.91. The molecular formula is C9H9FN4. The van der Waals surface area contributed by atoms with Crippen LogP contribution in [0.2, 0.25) is 0 Å². The van der Waals surface area contributed by atoms with Crippen LogP contribution in [0, 0.1) is 12.7 Å². The van der Waals surface area contributed by atoms with Crippen molar-refractivity contribution in [3.8, 4) is 11.3 Å². The Morgan fingerprint density at radius 3 is 2.86 bits per heavy atom. The van der Waals surface area contributed by atoms with Crippen molar-refractivity contribution < 1.29 is 4.39 Å². The summed E-state index contributed by atoms with van der Waals surface area (Å²) in [5, 5.41) is 6.12. The number of aromatic nitrogens is 3. The monoisotopic (exact) mass is 192 g/mol. The van der Waals surface area contributed by atoms with Gasteiger partial charge in [-0.2, -0.15) is 5.10 Å². The summed E-state index contributed by atoms with van der Waals surface area (Å²) in [5.74, 6) is -0.649. The van der Waals surface area contributed by atoms with Crippen LogP contribution in [0.25, 0.3) is 11.3 Å². The van der Waals surface area contributed by atoms with Gasteiger partial charge in [0.25, 0.3) is 0 Å². The van der Waals surface area contributed by atoms with E-state index in [9.17, 15) is 4.39 Å². The van der Waals surface area contributed by atoms with E-state index in [0.717, 1.165) is 5.56 Å². The maximum Gasteiger partial charge on any atom is 0.192 e. The third-order valence-corrected chi connectivity index (χ3v) is 2.04. The summed E-state index contributed by atoms with van der Waals surface area (Å²) >= 11 is 0. The van der Waals surface area contributed by atoms with E-state index in [-0.39, 0.29) is 11.5 Å². The van der Waals surface area contributed by atoms with Gasteiger partial charge in [0.05, 0.1) is 0 Å². The smallest absolute Gasteiger partial charge is 0.192 e. The number of anilines is 1. The minimum Gasteiger partial charge on any atom is -0.380 e. The minimum absolute atomic E-state index is 0.122. The number of aryl methyl sites for hydroxylation is 1. The third-order valence-electron chi connectivity index (χ3n) is 2.04. The number of nitrogens with zero attached hydrogens (tertiary/aromatic N) is 2. The largest absolute Gasteiger partial charge is 0.380 e. The van der Waals surface area contributed by atoms with Crippen LogP contribution in [0.15, 0.2) is 18.5 Å². The van der Waals surface area contributed by atoms with Crippen LogP contribution in [0.5, 0.6) is 0 Å². The maximum atomic E-state index is 13.4. The van der Waals surface area contributed by atoms with Gasteiger partial charge < -0.3 is 5.73 Å². The molecule has 0 unspecified atom stereocenters. The molecule has 4 nitrogen and oxygen atoms in total. The van der Waals surface area contributed by atoms with Gasteiger partial charge in [0.1, 0.15) is 5.69 Å². The van der Waals surface area contributed by atoms with Gasteiger partial charge in [0, 0.05) is 18.0 Å². The fraction of sp³-hybridized carbons (Fsp3) is 0.111. The van der Waals surface area contributed by atoms with Crippen LogP contribution in [0.1, 0.15) is 5.56 Å². The first-order chi connectivity index (χ1) is 6.70. The molecule has 3 N–H and O–H groups in total. The highest BCUT2D eigenvalue weighted by molar-refractivity contribution is 5.65. The van der Waals surface area contributed by atoms with E-state index in [4.69, 9.17) is 5.73 Å². The summed E-state index contributed by atoms with van der Waals surface area (Å²) in [4.78, 5) is 3.92. The molecule has 0 amide bonds. The molecule has 0 saturated carbocycles. The molecule has 0 aliphatic heterocycles. The molecule has 0 aliphatic rings. The molecule has 0 saturated heterocycles. The van der Waals surface area contributed by atoms with Gasteiger partial charge in [0.15, 0.2) is 11.6 Å². The molecule has 0 radical (unpaired) electrons. The van der Waals surface area contributed by atoms with Crippen molar-refractivity contribution in [2.75, 3.05) is 5.73 Å². The lowest BCUT2D eigenvalue weighted by molar-refractivity contribution is 0.636. The summed E-state index contributed by atoms with van der Waals surface area (Å²) in [7, 11) is 0. The molecule has 0 aliphatic carbocycles. The number of nitrogens with one attached hydrogen (secondary N) is 1. The lowest BCUT2D eigenvalue weighted by atomic mass is 10.1. The number of aromatic amines is 1. The van der Waals surface area contributed by atoms with Gasteiger partial charge in [0.2, 0.25) is 0 Å². The summed E-state index contributed by atoms with van der Waals surface area (Å²) < 4.78 is 13.4. The molecule has 0 atom stereocenters. The number of hydrogen-bond acceptors (Lipinski definition) is 3. The zero-order valence-electron chi connectivity index (χ0n) is 7.58. The SMILES string of the molecule is Cc1ccncc1-c1[nH]nc(N)c1F. The number of hydrogen-bond donors (Lipinski definition) is 2. The number of H-pyrrole nitrogens is 1. The molecule has 14 heavy (non-hydrogen) atoms. The van der Waals surface area contributed by atoms with Gasteiger partial charge in [-0.1, -0.05) is 0 Å². The molecule has 2 rings (SSSR count). The van der Waals surface area contributed by atoms with E-state index in [1.54, 1.807) is 18.5 Å². The Labute approximate surface area is 80.0 Å². The van der Waals surface area contributed by atoms with Gasteiger partial charge in [-0.15, -0.1) is 0 Å². The van der Waals surface area contributed by atoms with Gasteiger partial charge in [-0.3, -0.25) is 10.1 Å². The molecule has 0 bridgehead atoms. The third kappa shape index (κ3) is 1.22. The fourth-order valence-electron chi connectivity index (χ4n) is 1.25. The van der Waals surface area contributed by atoms with Crippen molar-refractivity contribution in [1.82, 2.24) is 15.2 Å². The molecule has 0 spiro atoms. The van der Waals surface area contributed by atoms with Crippen molar-refractivity contribution in [1.29, 1.82) is 0 Å². The quantitative estimate of drug-likeness (QED) is 0.719. The zero-order valence-corrected chi connectivity index (χ0v) is 7.58. The summed E-state index contributed by atoms with van der Waals surface area (Å²) in [6.45, 7) is 1.87. The van der Waals surface area contributed by atoms with E-state index in [1.807, 2.05) is 6.92 Å². The van der Waals surface area contributed by atoms with Crippen LogP contribution in [-0.4, -0.2) is 15.2 Å². The minimum atomic E-state index is -0.527. The van der Waals surface area contributed by atoms with Gasteiger partial charge in [-0.05, 0) is 18.6 Å². The van der Waals surface area contributed by atoms with Crippen LogP contribution in [-0.2, 0) is 0 Å². The predicted molar refractivity (Wildman–Crippen MR) is 50.9 cm³/mol. The summed E-state index contributed by atoms with van der Waals surface area (Å²) in [6.07, 6.45) is 3.22. The molecule has 0 aromatic carbocycles. The highest BCUT2D eigenvalue weighted by Gasteiger charge is 2.13. The van der Waals surface area contributed by atoms with Gasteiger partial charge >= 0.3 is 0 Å². The Morgan fingerprint density at radius 2 is 2.29 bits per heavy atom. The number of rotatable bonds is 1. The van der Waals surface area contributed by atoms with Crippen molar-refractivity contribution in [2.24, 2.45) is 0 Å². The molecule has 0 fully saturated rings. The Balaban J connectivity index is 2.60. The average Bonchev–Trinajstić information content (AvgIpc) is 2.49. The predicted octanol–water partition coefficient (Wildman–Crippen LogP) is 1.50. The van der Waals surface area contributed by atoms with Crippen LogP contribution in [0.4, 0.5) is 10.2 Å². The van der Waals surface area contributed by atoms with E-state index < -0.39 is 5.82 Å². The van der Waals surface area contributed by atoms with Crippen LogP contribution >= 0.6 is 0 Å². The number of pyridine rings is 1. The van der Waals surface area contributed by atoms with Crippen LogP contribution in [0.3, 0.4) is 0 Å². The highest BCUT2D eigenvalue weighted by atomic mass is 19.1. The standard InChI is InChI=1S/C9H9FN4/c1-5-2-3-12-4-6(5)8-7(10)9(11)14-13-8/h2-4H,1H3,(H3,11,13,14). The van der Waals surface area contributed by atoms with Crippen molar-refractivity contribution in [2.45, 2.75) is 6.92 Å². The first-order valence-electron chi connectivity index (χ1n) is 4.10. The highest BCUT2D eigenvalue weighted by Crippen LogP contribution is 2.25. The van der Waals surface area contributed by atoms with Crippen molar-refractivity contribution in [3.63, 3.8) is 0 Å². The molecule has 72 valence electrons. The number of nitrogen functional groups attached to an aromatic ring is 1. The second-order valence-electron chi connectivity index (χ2n) is 2.99. The van der Waals surface area contributed by atoms with E-state index in [0.29, 0.717) is 5.56 Å². The number of halogens is 1. The summed E-state index contributed by atoms with van der Waals surface area (Å²) in [6, 6.07) is 1.80. The Morgan fingerprint density at radius 1 is 1.50 bits per heavy atom. The van der Waals surface area contributed by atoms with Crippen LogP contribution < -0.4 is 5.73 Å². The zero-order chi connectivity index (χ0) is 10.1. The second-order valence-corrected chi connectivity index (χ2v) is 2.99. The van der Waals surface area contributed by atoms with Crippen molar-refractivity contribution in [3.05, 3.63) is 29.8 Å². The van der Waals surface area contributed by atoms with E-state index >= 15 is 0 Å². The van der Waals surface area contributed by atoms with Gasteiger partial charge in [-0.25, -0.2) is 4.39 Å². The molecule has 2 aromatic rings. The maximum absolute atomic E-state index is 13.4. The first-order valence-corrected chi connectivity index (χ1v) is 4.10. The molecule has 5 heteroatoms. The van der Waals surface area contributed by atoms with E-state index in [1.165, 1.54) is 0 Å². The lowest BCUT2D eigenvalue weighted by Crippen LogP contribution is -1.89. The Bertz CT molecular complexity index is 464. The average molecular weight is 192 g/mol. The molecular weight excluding hydrogens is 183 g/mol. The Kier molecular flexibility index (Phi) is 1.92. The first kappa shape index (κ1) is 8.68. The van der Waals surface area contributed by atoms with E-state index in [2.05, 4.69) is 15.2 Å². The number of nitrogens with two attached hydrogens (primary N) is 1. The fourth-order valence-corrected chi connectivity index (χ4v) is 1.25. The topological polar surface area (TPSA) is 67.6 Å². The van der Waals surface area contributed by atoms with Crippen molar-refractivity contribution >= 4 is 5.82 Å². The summed E-state index contributed by atoms with van der Waals surface area (Å²) in [5.41, 5.74) is 7.17. The molecule has 2 aromatic heterocycles. The normalized spacial score (nSPS) is 10.4. The lowest BCUT2D eigenvalue weighted by Gasteiger charge is -2.00.